The van der Waals surface area contributed by atoms with Gasteiger partial charge in [-0.1, -0.05) is 5.92 Å². The summed E-state index contributed by atoms with van der Waals surface area (Å²) in [6.45, 7) is 1.30. The molecule has 2 amide bonds. The van der Waals surface area contributed by atoms with Crippen LogP contribution in [0.2, 0.25) is 0 Å². The molecule has 1 rings (SSSR count). The van der Waals surface area contributed by atoms with Crippen LogP contribution >= 0.6 is 0 Å². The molecule has 0 bridgehead atoms. The van der Waals surface area contributed by atoms with Crippen LogP contribution in [0.5, 0.6) is 0 Å². The van der Waals surface area contributed by atoms with Crippen molar-refractivity contribution in [3.63, 3.8) is 0 Å². The molecule has 18 heavy (non-hydrogen) atoms. The number of terminal acetylenes is 1. The van der Waals surface area contributed by atoms with E-state index < -0.39 is 18.5 Å². The molecule has 6 nitrogen and oxygen atoms in total. The van der Waals surface area contributed by atoms with Crippen molar-refractivity contribution in [1.29, 1.82) is 0 Å². The first kappa shape index (κ1) is 13.5. The van der Waals surface area contributed by atoms with Crippen LogP contribution < -0.4 is 5.32 Å². The summed E-state index contributed by atoms with van der Waals surface area (Å²) in [7, 11) is 0. The van der Waals surface area contributed by atoms with Gasteiger partial charge >= 0.3 is 12.0 Å². The first-order valence-corrected chi connectivity index (χ1v) is 5.16. The van der Waals surface area contributed by atoms with Gasteiger partial charge in [0.25, 0.3) is 0 Å². The minimum Gasteiger partial charge on any atom is -0.480 e. The topological polar surface area (TPSA) is 82.5 Å². The van der Waals surface area contributed by atoms with Crippen molar-refractivity contribution >= 4 is 17.7 Å². The number of aromatic nitrogens is 1. The summed E-state index contributed by atoms with van der Waals surface area (Å²) < 4.78 is 0. The lowest BCUT2D eigenvalue weighted by Crippen LogP contribution is -2.39. The van der Waals surface area contributed by atoms with E-state index in [0.717, 1.165) is 10.6 Å². The van der Waals surface area contributed by atoms with Crippen molar-refractivity contribution in [2.24, 2.45) is 0 Å². The number of pyridine rings is 1. The molecular weight excluding hydrogens is 234 g/mol. The normalized spacial score (nSPS) is 9.33. The number of amides is 2. The van der Waals surface area contributed by atoms with Crippen LogP contribution in [-0.2, 0) is 4.79 Å². The van der Waals surface area contributed by atoms with E-state index in [2.05, 4.69) is 16.2 Å². The molecule has 0 saturated carbocycles. The van der Waals surface area contributed by atoms with Gasteiger partial charge in [0, 0.05) is 5.69 Å². The summed E-state index contributed by atoms with van der Waals surface area (Å²) >= 11 is 0. The predicted molar refractivity (Wildman–Crippen MR) is 66.0 cm³/mol. The average molecular weight is 247 g/mol. The number of carbonyl (C=O) groups is 2. The summed E-state index contributed by atoms with van der Waals surface area (Å²) in [5.74, 6) is 1.11. The molecule has 0 spiro atoms. The fourth-order valence-corrected chi connectivity index (χ4v) is 1.22. The lowest BCUT2D eigenvalue weighted by atomic mass is 10.3. The number of hydrogen-bond donors (Lipinski definition) is 2. The number of nitrogens with zero attached hydrogens (tertiary/aromatic N) is 2. The van der Waals surface area contributed by atoms with Crippen molar-refractivity contribution in [3.8, 4) is 12.3 Å². The van der Waals surface area contributed by atoms with Gasteiger partial charge in [-0.15, -0.1) is 6.42 Å². The third kappa shape index (κ3) is 4.14. The summed E-state index contributed by atoms with van der Waals surface area (Å²) in [5.41, 5.74) is 1.30. The molecule has 0 aromatic carbocycles. The molecule has 0 saturated heterocycles. The summed E-state index contributed by atoms with van der Waals surface area (Å²) in [4.78, 5) is 27.4. The Kier molecular flexibility index (Phi) is 4.69. The van der Waals surface area contributed by atoms with E-state index in [1.54, 1.807) is 12.1 Å². The van der Waals surface area contributed by atoms with Crippen molar-refractivity contribution in [3.05, 3.63) is 24.0 Å². The highest BCUT2D eigenvalue weighted by atomic mass is 16.4. The maximum Gasteiger partial charge on any atom is 0.323 e. The Morgan fingerprint density at radius 3 is 2.78 bits per heavy atom. The zero-order valence-corrected chi connectivity index (χ0v) is 9.88. The third-order valence-electron chi connectivity index (χ3n) is 2.06. The third-order valence-corrected chi connectivity index (χ3v) is 2.06. The van der Waals surface area contributed by atoms with Crippen molar-refractivity contribution < 1.29 is 14.7 Å². The molecular formula is C12H13N3O3. The van der Waals surface area contributed by atoms with Gasteiger partial charge in [-0.05, 0) is 19.1 Å². The molecule has 94 valence electrons. The SMILES string of the molecule is C#CCN(CC(=O)O)C(=O)Nc1ccc(C)nc1. The second-order valence-electron chi connectivity index (χ2n) is 3.57. The van der Waals surface area contributed by atoms with Crippen LogP contribution in [0, 0.1) is 19.3 Å². The van der Waals surface area contributed by atoms with Crippen LogP contribution in [0.4, 0.5) is 10.5 Å². The van der Waals surface area contributed by atoms with Crippen molar-refractivity contribution in [1.82, 2.24) is 9.88 Å². The quantitative estimate of drug-likeness (QED) is 0.776. The monoisotopic (exact) mass is 247 g/mol. The van der Waals surface area contributed by atoms with E-state index >= 15 is 0 Å². The van der Waals surface area contributed by atoms with E-state index in [9.17, 15) is 9.59 Å². The second-order valence-corrected chi connectivity index (χ2v) is 3.57. The minimum absolute atomic E-state index is 0.0720. The number of carboxylic acid groups (broad SMARTS) is 1. The van der Waals surface area contributed by atoms with Crippen molar-refractivity contribution in [2.75, 3.05) is 18.4 Å². The van der Waals surface area contributed by atoms with E-state index in [1.807, 2.05) is 6.92 Å². The van der Waals surface area contributed by atoms with Gasteiger partial charge in [0.05, 0.1) is 18.4 Å². The highest BCUT2D eigenvalue weighted by molar-refractivity contribution is 5.91. The van der Waals surface area contributed by atoms with Gasteiger partial charge in [0.15, 0.2) is 0 Å². The van der Waals surface area contributed by atoms with Crippen LogP contribution in [0.25, 0.3) is 0 Å². The van der Waals surface area contributed by atoms with E-state index in [4.69, 9.17) is 11.5 Å². The van der Waals surface area contributed by atoms with Gasteiger partial charge in [-0.2, -0.15) is 0 Å². The van der Waals surface area contributed by atoms with Gasteiger partial charge < -0.3 is 15.3 Å². The van der Waals surface area contributed by atoms with Gasteiger partial charge in [-0.25, -0.2) is 4.79 Å². The highest BCUT2D eigenvalue weighted by Gasteiger charge is 2.15. The summed E-state index contributed by atoms with van der Waals surface area (Å²) in [6.07, 6.45) is 6.57. The molecule has 0 unspecified atom stereocenters. The van der Waals surface area contributed by atoms with Crippen LogP contribution in [0.1, 0.15) is 5.69 Å². The largest absolute Gasteiger partial charge is 0.480 e. The number of anilines is 1. The maximum atomic E-state index is 11.8. The van der Waals surface area contributed by atoms with Gasteiger partial charge in [0.1, 0.15) is 6.54 Å². The number of aryl methyl sites for hydroxylation is 1. The van der Waals surface area contributed by atoms with Crippen LogP contribution in [-0.4, -0.2) is 40.1 Å². The van der Waals surface area contributed by atoms with E-state index in [0.29, 0.717) is 5.69 Å². The van der Waals surface area contributed by atoms with Crippen LogP contribution in [0.15, 0.2) is 18.3 Å². The Hall–Kier alpha value is -2.55. The number of rotatable bonds is 4. The number of nitrogens with one attached hydrogen (secondary N) is 1. The van der Waals surface area contributed by atoms with Gasteiger partial charge in [-0.3, -0.25) is 9.78 Å². The lowest BCUT2D eigenvalue weighted by Gasteiger charge is -2.18. The number of aliphatic carboxylic acids is 1. The fourth-order valence-electron chi connectivity index (χ4n) is 1.22. The molecule has 0 aliphatic heterocycles. The van der Waals surface area contributed by atoms with Crippen LogP contribution in [0.3, 0.4) is 0 Å². The molecule has 0 radical (unpaired) electrons. The molecule has 2 N–H and O–H groups in total. The molecule has 1 aromatic rings. The molecule has 0 aliphatic rings. The molecule has 6 heteroatoms. The summed E-state index contributed by atoms with van der Waals surface area (Å²) in [6, 6.07) is 2.84. The predicted octanol–water partition coefficient (Wildman–Crippen LogP) is 0.942. The number of urea groups is 1. The summed E-state index contributed by atoms with van der Waals surface area (Å²) in [5, 5.41) is 11.2. The fraction of sp³-hybridized carbons (Fsp3) is 0.250. The van der Waals surface area contributed by atoms with Gasteiger partial charge in [0.2, 0.25) is 0 Å². The number of carboxylic acids is 1. The molecule has 0 aliphatic carbocycles. The second kappa shape index (κ2) is 6.25. The van der Waals surface area contributed by atoms with E-state index in [1.165, 1.54) is 6.20 Å². The Morgan fingerprint density at radius 1 is 1.56 bits per heavy atom. The highest BCUT2D eigenvalue weighted by Crippen LogP contribution is 2.06. The number of hydrogen-bond acceptors (Lipinski definition) is 3. The lowest BCUT2D eigenvalue weighted by molar-refractivity contribution is -0.137. The smallest absolute Gasteiger partial charge is 0.323 e. The number of carbonyl (C=O) groups excluding carboxylic acids is 1. The Labute approximate surface area is 105 Å². The zero-order valence-electron chi connectivity index (χ0n) is 9.88. The van der Waals surface area contributed by atoms with E-state index in [-0.39, 0.29) is 6.54 Å². The average Bonchev–Trinajstić information content (AvgIpc) is 2.31. The molecule has 0 fully saturated rings. The Morgan fingerprint density at radius 2 is 2.28 bits per heavy atom. The molecule has 1 aromatic heterocycles. The minimum atomic E-state index is -1.12. The maximum absolute atomic E-state index is 11.8. The molecule has 0 atom stereocenters. The Balaban J connectivity index is 2.69. The zero-order chi connectivity index (χ0) is 13.5. The van der Waals surface area contributed by atoms with Crippen molar-refractivity contribution in [2.45, 2.75) is 6.92 Å². The standard InChI is InChI=1S/C12H13N3O3/c1-3-6-15(8-11(16)17)12(18)14-10-5-4-9(2)13-7-10/h1,4-5,7H,6,8H2,2H3,(H,14,18)(H,16,17). The first-order chi connectivity index (χ1) is 8.52. The first-order valence-electron chi connectivity index (χ1n) is 5.16. The molecule has 1 heterocycles. The Bertz CT molecular complexity index is 476.